The van der Waals surface area contributed by atoms with E-state index < -0.39 is 0 Å². The predicted octanol–water partition coefficient (Wildman–Crippen LogP) is 3.45. The number of fused-ring (bicyclic) bond motifs is 1. The molecule has 0 saturated heterocycles. The number of nitrogens with one attached hydrogen (secondary N) is 1. The molecule has 0 aliphatic heterocycles. The predicted molar refractivity (Wildman–Crippen MR) is 102 cm³/mol. The van der Waals surface area contributed by atoms with E-state index in [0.717, 1.165) is 12.1 Å². The summed E-state index contributed by atoms with van der Waals surface area (Å²) in [5, 5.41) is 4.39. The quantitative estimate of drug-likeness (QED) is 0.718. The van der Waals surface area contributed by atoms with E-state index in [-0.39, 0.29) is 11.9 Å². The lowest BCUT2D eigenvalue weighted by molar-refractivity contribution is -0.122. The Morgan fingerprint density at radius 1 is 1.04 bits per heavy atom. The van der Waals surface area contributed by atoms with Gasteiger partial charge in [0.15, 0.2) is 0 Å². The van der Waals surface area contributed by atoms with E-state index in [9.17, 15) is 4.79 Å². The van der Waals surface area contributed by atoms with Gasteiger partial charge in [-0.3, -0.25) is 4.79 Å². The number of rotatable bonds is 7. The fraction of sp³-hybridized carbons (Fsp3) is 0.286. The molecule has 3 rings (SSSR count). The van der Waals surface area contributed by atoms with Crippen molar-refractivity contribution in [3.63, 3.8) is 0 Å². The molecule has 0 aliphatic carbocycles. The summed E-state index contributed by atoms with van der Waals surface area (Å²) < 4.78 is 2.14. The summed E-state index contributed by atoms with van der Waals surface area (Å²) >= 11 is 0. The molecule has 0 bridgehead atoms. The molecule has 4 nitrogen and oxygen atoms in total. The topological polar surface area (TPSA) is 37.3 Å². The van der Waals surface area contributed by atoms with Gasteiger partial charge in [0, 0.05) is 31.2 Å². The van der Waals surface area contributed by atoms with Crippen LogP contribution in [0.4, 0.5) is 0 Å². The maximum absolute atomic E-state index is 12.5. The molecule has 0 unspecified atom stereocenters. The lowest BCUT2D eigenvalue weighted by Gasteiger charge is -2.23. The van der Waals surface area contributed by atoms with Crippen molar-refractivity contribution in [1.82, 2.24) is 14.8 Å². The normalized spacial score (nSPS) is 12.4. The molecule has 1 atom stereocenters. The zero-order chi connectivity index (χ0) is 17.6. The smallest absolute Gasteiger partial charge is 0.222 e. The second-order valence-corrected chi connectivity index (χ2v) is 6.61. The average Bonchev–Trinajstić information content (AvgIpc) is 3.03. The third-order valence-corrected chi connectivity index (χ3v) is 4.34. The van der Waals surface area contributed by atoms with E-state index in [1.54, 1.807) is 0 Å². The van der Waals surface area contributed by atoms with Crippen molar-refractivity contribution in [2.75, 3.05) is 20.6 Å². The summed E-state index contributed by atoms with van der Waals surface area (Å²) in [7, 11) is 4.04. The van der Waals surface area contributed by atoms with E-state index in [1.165, 1.54) is 10.9 Å². The van der Waals surface area contributed by atoms with Gasteiger partial charge < -0.3 is 14.8 Å². The molecule has 1 amide bonds. The van der Waals surface area contributed by atoms with Crippen molar-refractivity contribution < 1.29 is 4.79 Å². The Labute approximate surface area is 149 Å². The van der Waals surface area contributed by atoms with Crippen LogP contribution in [0.15, 0.2) is 66.9 Å². The summed E-state index contributed by atoms with van der Waals surface area (Å²) in [5.41, 5.74) is 2.30. The van der Waals surface area contributed by atoms with E-state index >= 15 is 0 Å². The highest BCUT2D eigenvalue weighted by molar-refractivity contribution is 5.80. The van der Waals surface area contributed by atoms with Gasteiger partial charge in [-0.05, 0) is 37.2 Å². The van der Waals surface area contributed by atoms with E-state index in [4.69, 9.17) is 0 Å². The van der Waals surface area contributed by atoms with Crippen LogP contribution in [0.5, 0.6) is 0 Å². The second kappa shape index (κ2) is 7.99. The van der Waals surface area contributed by atoms with Crippen LogP contribution in [-0.4, -0.2) is 36.0 Å². The number of para-hydroxylation sites is 1. The average molecular weight is 335 g/mol. The summed E-state index contributed by atoms with van der Waals surface area (Å²) in [6.45, 7) is 1.46. The van der Waals surface area contributed by atoms with Crippen LogP contribution >= 0.6 is 0 Å². The van der Waals surface area contributed by atoms with Gasteiger partial charge >= 0.3 is 0 Å². The minimum atomic E-state index is 0.00473. The molecule has 0 aliphatic rings. The number of amides is 1. The van der Waals surface area contributed by atoms with Gasteiger partial charge in [0.05, 0.1) is 6.04 Å². The fourth-order valence-corrected chi connectivity index (χ4v) is 3.11. The molecular formula is C21H25N3O. The first-order valence-corrected chi connectivity index (χ1v) is 8.66. The Bertz CT molecular complexity index is 823. The molecule has 0 saturated carbocycles. The molecule has 0 radical (unpaired) electrons. The number of hydrogen-bond donors (Lipinski definition) is 1. The van der Waals surface area contributed by atoms with Crippen molar-refractivity contribution in [2.24, 2.45) is 0 Å². The maximum Gasteiger partial charge on any atom is 0.222 e. The lowest BCUT2D eigenvalue weighted by atomic mass is 10.1. The fourth-order valence-electron chi connectivity index (χ4n) is 3.11. The molecule has 0 fully saturated rings. The van der Waals surface area contributed by atoms with Crippen LogP contribution < -0.4 is 5.32 Å². The summed E-state index contributed by atoms with van der Waals surface area (Å²) in [4.78, 5) is 14.6. The van der Waals surface area contributed by atoms with Crippen LogP contribution in [0.25, 0.3) is 10.9 Å². The number of benzene rings is 2. The largest absolute Gasteiger partial charge is 0.348 e. The highest BCUT2D eigenvalue weighted by atomic mass is 16.1. The Kier molecular flexibility index (Phi) is 5.51. The zero-order valence-corrected chi connectivity index (χ0v) is 14.9. The SMILES string of the molecule is CN(C)C[C@H](NC(=O)CCn1ccc2ccccc21)c1ccccc1. The molecule has 4 heteroatoms. The van der Waals surface area contributed by atoms with Crippen LogP contribution in [-0.2, 0) is 11.3 Å². The number of carbonyl (C=O) groups excluding carboxylic acids is 1. The van der Waals surface area contributed by atoms with Gasteiger partial charge in [-0.2, -0.15) is 0 Å². The van der Waals surface area contributed by atoms with Crippen LogP contribution in [0.3, 0.4) is 0 Å². The molecule has 3 aromatic rings. The molecule has 1 aromatic heterocycles. The highest BCUT2D eigenvalue weighted by Crippen LogP contribution is 2.16. The van der Waals surface area contributed by atoms with E-state index in [2.05, 4.69) is 45.1 Å². The molecule has 0 spiro atoms. The van der Waals surface area contributed by atoms with Crippen molar-refractivity contribution in [3.8, 4) is 0 Å². The minimum Gasteiger partial charge on any atom is -0.348 e. The third kappa shape index (κ3) is 4.48. The van der Waals surface area contributed by atoms with Gasteiger partial charge in [0.2, 0.25) is 5.91 Å². The van der Waals surface area contributed by atoms with E-state index in [1.807, 2.05) is 50.6 Å². The van der Waals surface area contributed by atoms with Crippen molar-refractivity contribution in [1.29, 1.82) is 0 Å². The van der Waals surface area contributed by atoms with Crippen molar-refractivity contribution >= 4 is 16.8 Å². The summed E-state index contributed by atoms with van der Waals surface area (Å²) in [6.07, 6.45) is 2.52. The Balaban J connectivity index is 1.63. The molecule has 2 aromatic carbocycles. The van der Waals surface area contributed by atoms with E-state index in [0.29, 0.717) is 13.0 Å². The number of carbonyl (C=O) groups is 1. The first-order chi connectivity index (χ1) is 12.1. The highest BCUT2D eigenvalue weighted by Gasteiger charge is 2.15. The van der Waals surface area contributed by atoms with Crippen LogP contribution in [0.2, 0.25) is 0 Å². The van der Waals surface area contributed by atoms with Crippen LogP contribution in [0, 0.1) is 0 Å². The monoisotopic (exact) mass is 335 g/mol. The standard InChI is InChI=1S/C21H25N3O/c1-23(2)16-19(17-8-4-3-5-9-17)22-21(25)13-15-24-14-12-18-10-6-7-11-20(18)24/h3-12,14,19H,13,15-16H2,1-2H3,(H,22,25)/t19-/m0/s1. The third-order valence-electron chi connectivity index (χ3n) is 4.34. The Morgan fingerprint density at radius 3 is 2.52 bits per heavy atom. The Hall–Kier alpha value is -2.59. The van der Waals surface area contributed by atoms with Crippen LogP contribution in [0.1, 0.15) is 18.0 Å². The second-order valence-electron chi connectivity index (χ2n) is 6.61. The van der Waals surface area contributed by atoms with Gasteiger partial charge in [-0.25, -0.2) is 0 Å². The number of hydrogen-bond acceptors (Lipinski definition) is 2. The summed E-state index contributed by atoms with van der Waals surface area (Å²) in [5.74, 6) is 0.0773. The van der Waals surface area contributed by atoms with Gasteiger partial charge in [-0.1, -0.05) is 48.5 Å². The molecule has 25 heavy (non-hydrogen) atoms. The number of likely N-dealkylation sites (N-methyl/N-ethyl adjacent to an activating group) is 1. The Morgan fingerprint density at radius 2 is 1.76 bits per heavy atom. The van der Waals surface area contributed by atoms with Gasteiger partial charge in [0.25, 0.3) is 0 Å². The number of aromatic nitrogens is 1. The first-order valence-electron chi connectivity index (χ1n) is 8.66. The molecule has 1 N–H and O–H groups in total. The minimum absolute atomic E-state index is 0.00473. The molecular weight excluding hydrogens is 310 g/mol. The van der Waals surface area contributed by atoms with Gasteiger partial charge in [-0.15, -0.1) is 0 Å². The van der Waals surface area contributed by atoms with Crippen molar-refractivity contribution in [2.45, 2.75) is 19.0 Å². The number of nitrogens with zero attached hydrogens (tertiary/aromatic N) is 2. The van der Waals surface area contributed by atoms with Gasteiger partial charge in [0.1, 0.15) is 0 Å². The molecule has 130 valence electrons. The van der Waals surface area contributed by atoms with Crippen molar-refractivity contribution in [3.05, 3.63) is 72.4 Å². The molecule has 1 heterocycles. The maximum atomic E-state index is 12.5. The zero-order valence-electron chi connectivity index (χ0n) is 14.9. The number of aryl methyl sites for hydroxylation is 1. The summed E-state index contributed by atoms with van der Waals surface area (Å²) in [6, 6.07) is 20.5. The lowest BCUT2D eigenvalue weighted by Crippen LogP contribution is -2.35. The first kappa shape index (κ1) is 17.2.